The van der Waals surface area contributed by atoms with Crippen LogP contribution < -0.4 is 0 Å². The summed E-state index contributed by atoms with van der Waals surface area (Å²) in [6.07, 6.45) is 4.27. The lowest BCUT2D eigenvalue weighted by atomic mass is 10.1. The number of nitrogens with zero attached hydrogens (tertiary/aromatic N) is 4. The molecule has 2 heterocycles. The van der Waals surface area contributed by atoms with Crippen LogP contribution in [-0.2, 0) is 0 Å². The van der Waals surface area contributed by atoms with Gasteiger partial charge < -0.3 is 0 Å². The van der Waals surface area contributed by atoms with E-state index in [4.69, 9.17) is 0 Å². The van der Waals surface area contributed by atoms with Gasteiger partial charge in [-0.1, -0.05) is 25.1 Å². The summed E-state index contributed by atoms with van der Waals surface area (Å²) in [5.41, 5.74) is 1.10. The minimum absolute atomic E-state index is 0.175. The van der Waals surface area contributed by atoms with Crippen molar-refractivity contribution in [2.45, 2.75) is 19.4 Å². The predicted molar refractivity (Wildman–Crippen MR) is 68.1 cm³/mol. The second-order valence-corrected chi connectivity index (χ2v) is 4.67. The Kier molecular flexibility index (Phi) is 2.60. The van der Waals surface area contributed by atoms with Gasteiger partial charge in [0.2, 0.25) is 0 Å². The maximum atomic E-state index is 4.58. The van der Waals surface area contributed by atoms with Gasteiger partial charge in [0.05, 0.1) is 16.4 Å². The van der Waals surface area contributed by atoms with Crippen molar-refractivity contribution in [3.63, 3.8) is 0 Å². The highest BCUT2D eigenvalue weighted by Crippen LogP contribution is 2.30. The van der Waals surface area contributed by atoms with Crippen molar-refractivity contribution in [1.29, 1.82) is 0 Å². The van der Waals surface area contributed by atoms with E-state index in [0.717, 1.165) is 12.1 Å². The average molecular weight is 244 g/mol. The Labute approximate surface area is 103 Å². The quantitative estimate of drug-likeness (QED) is 0.711. The summed E-state index contributed by atoms with van der Waals surface area (Å²) in [5, 5.41) is 5.44. The molecular formula is C12H12N4S. The van der Waals surface area contributed by atoms with Gasteiger partial charge in [0.15, 0.2) is 0 Å². The van der Waals surface area contributed by atoms with Crippen LogP contribution in [0.1, 0.15) is 25.1 Å². The maximum Gasteiger partial charge on any atom is 0.137 e. The highest BCUT2D eigenvalue weighted by Gasteiger charge is 2.18. The smallest absolute Gasteiger partial charge is 0.137 e. The molecule has 1 unspecified atom stereocenters. The van der Waals surface area contributed by atoms with E-state index >= 15 is 0 Å². The van der Waals surface area contributed by atoms with Gasteiger partial charge in [0.25, 0.3) is 0 Å². The molecule has 2 aromatic heterocycles. The Balaban J connectivity index is 2.13. The molecule has 0 aliphatic rings. The second-order valence-electron chi connectivity index (χ2n) is 3.86. The van der Waals surface area contributed by atoms with Gasteiger partial charge in [0, 0.05) is 5.39 Å². The predicted octanol–water partition coefficient (Wildman–Crippen LogP) is 2.89. The van der Waals surface area contributed by atoms with Crippen LogP contribution in [0.3, 0.4) is 0 Å². The second kappa shape index (κ2) is 4.25. The van der Waals surface area contributed by atoms with Crippen LogP contribution in [0.2, 0.25) is 0 Å². The van der Waals surface area contributed by atoms with Gasteiger partial charge in [-0.3, -0.25) is 0 Å². The summed E-state index contributed by atoms with van der Waals surface area (Å²) in [7, 11) is 0. The van der Waals surface area contributed by atoms with Crippen molar-refractivity contribution >= 4 is 21.6 Å². The summed E-state index contributed by atoms with van der Waals surface area (Å²) >= 11 is 1.54. The number of hydrogen-bond acceptors (Lipinski definition) is 4. The van der Waals surface area contributed by atoms with Crippen LogP contribution in [0, 0.1) is 0 Å². The Morgan fingerprint density at radius 2 is 2.24 bits per heavy atom. The summed E-state index contributed by atoms with van der Waals surface area (Å²) < 4.78 is 7.68. The third kappa shape index (κ3) is 1.72. The molecular weight excluding hydrogens is 232 g/mol. The molecule has 0 fully saturated rings. The number of fused-ring (bicyclic) bond motifs is 1. The van der Waals surface area contributed by atoms with E-state index in [1.165, 1.54) is 10.1 Å². The molecule has 0 saturated heterocycles. The molecule has 0 spiro atoms. The summed E-state index contributed by atoms with van der Waals surface area (Å²) in [5.74, 6) is 0. The Morgan fingerprint density at radius 1 is 1.35 bits per heavy atom. The van der Waals surface area contributed by atoms with E-state index in [0.29, 0.717) is 0 Å². The van der Waals surface area contributed by atoms with Crippen LogP contribution >= 0.6 is 11.5 Å². The minimum Gasteiger partial charge on any atom is -0.244 e. The van der Waals surface area contributed by atoms with Crippen molar-refractivity contribution < 1.29 is 0 Å². The molecule has 0 aliphatic carbocycles. The fourth-order valence-electron chi connectivity index (χ4n) is 2.03. The molecule has 1 atom stereocenters. The van der Waals surface area contributed by atoms with E-state index < -0.39 is 0 Å². The van der Waals surface area contributed by atoms with Crippen molar-refractivity contribution in [2.24, 2.45) is 0 Å². The first-order valence-corrected chi connectivity index (χ1v) is 6.36. The van der Waals surface area contributed by atoms with Gasteiger partial charge in [-0.15, -0.1) is 0 Å². The Hall–Kier alpha value is -1.75. The van der Waals surface area contributed by atoms with E-state index in [1.54, 1.807) is 24.2 Å². The molecule has 4 nitrogen and oxygen atoms in total. The lowest BCUT2D eigenvalue weighted by molar-refractivity contribution is 0.503. The zero-order chi connectivity index (χ0) is 11.7. The first-order chi connectivity index (χ1) is 8.40. The molecule has 5 heteroatoms. The summed E-state index contributed by atoms with van der Waals surface area (Å²) in [4.78, 5) is 4.01. The number of hydrogen-bond donors (Lipinski definition) is 0. The molecule has 0 bridgehead atoms. The zero-order valence-corrected chi connectivity index (χ0v) is 10.3. The van der Waals surface area contributed by atoms with E-state index in [1.807, 2.05) is 16.8 Å². The number of aromatic nitrogens is 4. The molecule has 0 aliphatic heterocycles. The third-order valence-electron chi connectivity index (χ3n) is 2.86. The lowest BCUT2D eigenvalue weighted by Crippen LogP contribution is -2.10. The van der Waals surface area contributed by atoms with Crippen LogP contribution in [0.5, 0.6) is 0 Å². The van der Waals surface area contributed by atoms with Crippen molar-refractivity contribution in [1.82, 2.24) is 19.1 Å². The third-order valence-corrected chi connectivity index (χ3v) is 3.70. The zero-order valence-electron chi connectivity index (χ0n) is 9.45. The largest absolute Gasteiger partial charge is 0.244 e. The first kappa shape index (κ1) is 10.4. The van der Waals surface area contributed by atoms with Gasteiger partial charge in [-0.2, -0.15) is 9.47 Å². The van der Waals surface area contributed by atoms with Crippen molar-refractivity contribution in [3.8, 4) is 0 Å². The van der Waals surface area contributed by atoms with Crippen LogP contribution in [0.4, 0.5) is 0 Å². The number of rotatable bonds is 3. The maximum absolute atomic E-state index is 4.58. The minimum atomic E-state index is 0.175. The fourth-order valence-corrected chi connectivity index (χ4v) is 2.86. The molecule has 3 rings (SSSR count). The molecule has 1 aromatic carbocycles. The van der Waals surface area contributed by atoms with E-state index in [9.17, 15) is 0 Å². The van der Waals surface area contributed by atoms with Gasteiger partial charge in [-0.25, -0.2) is 9.67 Å². The van der Waals surface area contributed by atoms with Crippen molar-refractivity contribution in [3.05, 3.63) is 42.6 Å². The molecule has 0 N–H and O–H groups in total. The van der Waals surface area contributed by atoms with Gasteiger partial charge in [-0.05, 0) is 24.0 Å². The van der Waals surface area contributed by atoms with E-state index in [-0.39, 0.29) is 6.04 Å². The highest BCUT2D eigenvalue weighted by molar-refractivity contribution is 7.13. The fraction of sp³-hybridized carbons (Fsp3) is 0.250. The number of benzene rings is 1. The average Bonchev–Trinajstić information content (AvgIpc) is 3.01. The topological polar surface area (TPSA) is 43.6 Å². The van der Waals surface area contributed by atoms with E-state index in [2.05, 4.69) is 33.5 Å². The van der Waals surface area contributed by atoms with Gasteiger partial charge in [0.1, 0.15) is 12.7 Å². The molecule has 0 saturated carbocycles. The molecule has 17 heavy (non-hydrogen) atoms. The molecule has 3 aromatic rings. The summed E-state index contributed by atoms with van der Waals surface area (Å²) in [6, 6.07) is 8.49. The molecule has 86 valence electrons. The lowest BCUT2D eigenvalue weighted by Gasteiger charge is -2.12. The van der Waals surface area contributed by atoms with Crippen LogP contribution in [0.15, 0.2) is 36.9 Å². The van der Waals surface area contributed by atoms with Crippen LogP contribution in [0.25, 0.3) is 10.1 Å². The highest BCUT2D eigenvalue weighted by atomic mass is 32.1. The van der Waals surface area contributed by atoms with Crippen LogP contribution in [-0.4, -0.2) is 19.1 Å². The molecule has 0 radical (unpaired) electrons. The monoisotopic (exact) mass is 244 g/mol. The summed E-state index contributed by atoms with van der Waals surface area (Å²) in [6.45, 7) is 2.14. The SMILES string of the molecule is CCC(c1nsc2ccccc12)n1cncn1. The standard InChI is InChI=1S/C12H12N4S/c1-2-10(16-8-13-7-14-16)12-9-5-3-4-6-11(9)17-15-12/h3-8,10H,2H2,1H3. The Bertz CT molecular complexity index is 614. The Morgan fingerprint density at radius 3 is 3.00 bits per heavy atom. The molecule has 0 amide bonds. The van der Waals surface area contributed by atoms with Crippen molar-refractivity contribution in [2.75, 3.05) is 0 Å². The first-order valence-electron chi connectivity index (χ1n) is 5.58. The normalized spacial score (nSPS) is 13.0. The van der Waals surface area contributed by atoms with Gasteiger partial charge >= 0.3 is 0 Å².